The van der Waals surface area contributed by atoms with Gasteiger partial charge in [0.1, 0.15) is 0 Å². The third-order valence-electron chi connectivity index (χ3n) is 1.16. The molecule has 1 unspecified atom stereocenters. The van der Waals surface area contributed by atoms with Gasteiger partial charge in [-0.25, -0.2) is 0 Å². The number of rotatable bonds is 4. The number of hydrogen-bond donors (Lipinski definition) is 0. The van der Waals surface area contributed by atoms with E-state index in [1.807, 2.05) is 13.8 Å². The zero-order chi connectivity index (χ0) is 7.28. The summed E-state index contributed by atoms with van der Waals surface area (Å²) in [6.07, 6.45) is 0.189. The average molecular weight is 193 g/mol. The zero-order valence-electron chi connectivity index (χ0n) is 5.98. The number of alkyl halides is 1. The van der Waals surface area contributed by atoms with Crippen LogP contribution in [0.2, 0.25) is 0 Å². The van der Waals surface area contributed by atoms with Crippen molar-refractivity contribution >= 4 is 15.9 Å². The van der Waals surface area contributed by atoms with Gasteiger partial charge in [-0.3, -0.25) is 0 Å². The predicted octanol–water partition coefficient (Wildman–Crippen LogP) is 2.36. The Balaban J connectivity index is 3.45. The normalized spacial score (nSPS) is 13.2. The molecule has 2 heteroatoms. The first-order valence-electron chi connectivity index (χ1n) is 3.07. The maximum atomic E-state index is 5.26. The minimum atomic E-state index is 0.189. The molecule has 0 aromatic rings. The minimum Gasteiger partial charge on any atom is -0.374 e. The zero-order valence-corrected chi connectivity index (χ0v) is 7.57. The smallest absolute Gasteiger partial charge is 0.0762 e. The lowest BCUT2D eigenvalue weighted by molar-refractivity contribution is 0.102. The topological polar surface area (TPSA) is 9.23 Å². The van der Waals surface area contributed by atoms with Gasteiger partial charge in [-0.1, -0.05) is 22.5 Å². The van der Waals surface area contributed by atoms with Gasteiger partial charge in [0, 0.05) is 11.9 Å². The second kappa shape index (κ2) is 5.00. The van der Waals surface area contributed by atoms with Crippen LogP contribution in [0.1, 0.15) is 13.8 Å². The van der Waals surface area contributed by atoms with E-state index in [2.05, 4.69) is 22.5 Å². The highest BCUT2D eigenvalue weighted by molar-refractivity contribution is 9.09. The van der Waals surface area contributed by atoms with E-state index in [-0.39, 0.29) is 6.10 Å². The maximum absolute atomic E-state index is 5.26. The Morgan fingerprint density at radius 2 is 2.33 bits per heavy atom. The van der Waals surface area contributed by atoms with E-state index in [0.29, 0.717) is 0 Å². The van der Waals surface area contributed by atoms with Crippen LogP contribution < -0.4 is 0 Å². The molecule has 0 amide bonds. The van der Waals surface area contributed by atoms with E-state index in [1.54, 1.807) is 0 Å². The summed E-state index contributed by atoms with van der Waals surface area (Å²) in [7, 11) is 0. The van der Waals surface area contributed by atoms with Gasteiger partial charge in [-0.05, 0) is 19.4 Å². The van der Waals surface area contributed by atoms with E-state index in [1.165, 1.54) is 0 Å². The Morgan fingerprint density at radius 1 is 1.78 bits per heavy atom. The molecule has 0 radical (unpaired) electrons. The Bertz CT molecular complexity index is 90.9. The van der Waals surface area contributed by atoms with Crippen molar-refractivity contribution in [1.82, 2.24) is 0 Å². The Kier molecular flexibility index (Phi) is 5.10. The van der Waals surface area contributed by atoms with E-state index in [9.17, 15) is 0 Å². The molecule has 1 atom stereocenters. The van der Waals surface area contributed by atoms with Gasteiger partial charge >= 0.3 is 0 Å². The molecule has 1 nitrogen and oxygen atoms in total. The van der Waals surface area contributed by atoms with Crippen LogP contribution in [0.4, 0.5) is 0 Å². The lowest BCUT2D eigenvalue weighted by Gasteiger charge is -2.11. The van der Waals surface area contributed by atoms with Crippen LogP contribution in [0.15, 0.2) is 12.2 Å². The fourth-order valence-electron chi connectivity index (χ4n) is 0.476. The van der Waals surface area contributed by atoms with E-state index in [0.717, 1.165) is 17.5 Å². The lowest BCUT2D eigenvalue weighted by atomic mass is 10.2. The van der Waals surface area contributed by atoms with Crippen LogP contribution in [-0.2, 0) is 4.74 Å². The molecule has 0 aliphatic carbocycles. The monoisotopic (exact) mass is 192 g/mol. The molecule has 0 N–H and O–H groups in total. The summed E-state index contributed by atoms with van der Waals surface area (Å²) in [4.78, 5) is 0. The van der Waals surface area contributed by atoms with Crippen molar-refractivity contribution in [1.29, 1.82) is 0 Å². The summed E-state index contributed by atoms with van der Waals surface area (Å²) in [5, 5.41) is 0.828. The third kappa shape index (κ3) is 3.71. The molecule has 54 valence electrons. The number of ether oxygens (including phenoxy) is 1. The molecule has 0 spiro atoms. The van der Waals surface area contributed by atoms with E-state index >= 15 is 0 Å². The summed E-state index contributed by atoms with van der Waals surface area (Å²) >= 11 is 3.31. The van der Waals surface area contributed by atoms with Crippen molar-refractivity contribution in [2.24, 2.45) is 0 Å². The van der Waals surface area contributed by atoms with Gasteiger partial charge in [-0.2, -0.15) is 0 Å². The van der Waals surface area contributed by atoms with Gasteiger partial charge < -0.3 is 4.74 Å². The minimum absolute atomic E-state index is 0.189. The van der Waals surface area contributed by atoms with Gasteiger partial charge in [0.25, 0.3) is 0 Å². The molecule has 0 saturated heterocycles. The van der Waals surface area contributed by atoms with Crippen LogP contribution in [0.5, 0.6) is 0 Å². The van der Waals surface area contributed by atoms with Crippen molar-refractivity contribution in [3.05, 3.63) is 12.2 Å². The van der Waals surface area contributed by atoms with E-state index in [4.69, 9.17) is 4.74 Å². The molecule has 0 aliphatic heterocycles. The maximum Gasteiger partial charge on any atom is 0.0762 e. The standard InChI is InChI=1S/C7H13BrO/c1-4-9-7(3)6(2)5-8/h7H,2,4-5H2,1,3H3. The van der Waals surface area contributed by atoms with Crippen molar-refractivity contribution in [3.8, 4) is 0 Å². The number of halogens is 1. The molecular weight excluding hydrogens is 180 g/mol. The van der Waals surface area contributed by atoms with Gasteiger partial charge in [0.2, 0.25) is 0 Å². The molecule has 0 heterocycles. The summed E-state index contributed by atoms with van der Waals surface area (Å²) in [6.45, 7) is 8.57. The molecule has 0 aliphatic rings. The first-order valence-corrected chi connectivity index (χ1v) is 4.19. The predicted molar refractivity (Wildman–Crippen MR) is 44.0 cm³/mol. The van der Waals surface area contributed by atoms with Crippen LogP contribution in [0.3, 0.4) is 0 Å². The summed E-state index contributed by atoms with van der Waals surface area (Å²) in [5.41, 5.74) is 1.09. The van der Waals surface area contributed by atoms with Crippen LogP contribution >= 0.6 is 15.9 Å². The fourth-order valence-corrected chi connectivity index (χ4v) is 0.932. The van der Waals surface area contributed by atoms with Crippen molar-refractivity contribution in [2.75, 3.05) is 11.9 Å². The quantitative estimate of drug-likeness (QED) is 0.492. The average Bonchev–Trinajstić information content (AvgIpc) is 1.87. The van der Waals surface area contributed by atoms with Crippen LogP contribution in [-0.4, -0.2) is 18.0 Å². The van der Waals surface area contributed by atoms with Crippen LogP contribution in [0, 0.1) is 0 Å². The molecule has 0 aromatic heterocycles. The molecule has 0 aromatic carbocycles. The highest BCUT2D eigenvalue weighted by Gasteiger charge is 2.02. The first-order chi connectivity index (χ1) is 4.22. The van der Waals surface area contributed by atoms with Gasteiger partial charge in [0.05, 0.1) is 6.10 Å². The molecule has 0 rings (SSSR count). The summed E-state index contributed by atoms with van der Waals surface area (Å²) < 4.78 is 5.26. The second-order valence-corrected chi connectivity index (χ2v) is 2.45. The Hall–Kier alpha value is 0.180. The molecule has 0 bridgehead atoms. The lowest BCUT2D eigenvalue weighted by Crippen LogP contribution is -2.10. The summed E-state index contributed by atoms with van der Waals surface area (Å²) in [6, 6.07) is 0. The van der Waals surface area contributed by atoms with Crippen molar-refractivity contribution in [3.63, 3.8) is 0 Å². The summed E-state index contributed by atoms with van der Waals surface area (Å²) in [5.74, 6) is 0. The number of hydrogen-bond acceptors (Lipinski definition) is 1. The van der Waals surface area contributed by atoms with Crippen molar-refractivity contribution < 1.29 is 4.74 Å². The SMILES string of the molecule is C=C(CBr)C(C)OCC. The third-order valence-corrected chi connectivity index (χ3v) is 1.88. The van der Waals surface area contributed by atoms with Gasteiger partial charge in [-0.15, -0.1) is 0 Å². The first kappa shape index (κ1) is 9.18. The van der Waals surface area contributed by atoms with Crippen molar-refractivity contribution in [2.45, 2.75) is 20.0 Å². The van der Waals surface area contributed by atoms with Gasteiger partial charge in [0.15, 0.2) is 0 Å². The van der Waals surface area contributed by atoms with E-state index < -0.39 is 0 Å². The Labute approximate surface area is 65.2 Å². The fraction of sp³-hybridized carbons (Fsp3) is 0.714. The highest BCUT2D eigenvalue weighted by atomic mass is 79.9. The molecule has 0 saturated carbocycles. The molecule has 9 heavy (non-hydrogen) atoms. The Morgan fingerprint density at radius 3 is 2.67 bits per heavy atom. The molecule has 0 fully saturated rings. The largest absolute Gasteiger partial charge is 0.374 e. The second-order valence-electron chi connectivity index (χ2n) is 1.89. The molecular formula is C7H13BrO. The van der Waals surface area contributed by atoms with Crippen LogP contribution in [0.25, 0.3) is 0 Å². The highest BCUT2D eigenvalue weighted by Crippen LogP contribution is 2.05.